The fraction of sp³-hybridized carbons (Fsp3) is 0.318. The number of carbonyl (C=O) groups excluding carboxylic acids is 2. The Labute approximate surface area is 168 Å². The molecule has 1 fully saturated rings. The number of amides is 2. The highest BCUT2D eigenvalue weighted by atomic mass is 19.1. The minimum absolute atomic E-state index is 0.0262. The lowest BCUT2D eigenvalue weighted by atomic mass is 9.90. The first kappa shape index (κ1) is 19.1. The van der Waals surface area contributed by atoms with E-state index in [1.54, 1.807) is 34.2 Å². The van der Waals surface area contributed by atoms with Crippen molar-refractivity contribution < 1.29 is 14.0 Å². The zero-order chi connectivity index (χ0) is 20.8. The van der Waals surface area contributed by atoms with E-state index in [0.29, 0.717) is 30.0 Å². The molecule has 0 radical (unpaired) electrons. The normalized spacial score (nSPS) is 14.8. The lowest BCUT2D eigenvalue weighted by molar-refractivity contribution is -0.126. The maximum Gasteiger partial charge on any atom is 0.325 e. The zero-order valence-corrected chi connectivity index (χ0v) is 16.7. The molecule has 2 aromatic carbocycles. The average molecular weight is 394 g/mol. The summed E-state index contributed by atoms with van der Waals surface area (Å²) in [4.78, 5) is 28.5. The average Bonchev–Trinajstić information content (AvgIpc) is 3.25. The quantitative estimate of drug-likeness (QED) is 0.672. The van der Waals surface area contributed by atoms with Gasteiger partial charge in [-0.05, 0) is 24.3 Å². The first-order valence-electron chi connectivity index (χ1n) is 9.59. The predicted octanol–water partition coefficient (Wildman–Crippen LogP) is 4.02. The molecule has 7 heteroatoms. The number of anilines is 1. The number of fused-ring (bicyclic) bond motifs is 1. The maximum atomic E-state index is 14.2. The van der Waals surface area contributed by atoms with Crippen molar-refractivity contribution in [3.63, 3.8) is 0 Å². The van der Waals surface area contributed by atoms with Crippen molar-refractivity contribution in [1.29, 1.82) is 0 Å². The van der Waals surface area contributed by atoms with E-state index in [-0.39, 0.29) is 24.2 Å². The zero-order valence-electron chi connectivity index (χ0n) is 16.7. The molecule has 1 saturated heterocycles. The van der Waals surface area contributed by atoms with Crippen LogP contribution in [-0.2, 0) is 4.79 Å². The lowest BCUT2D eigenvalue weighted by Crippen LogP contribution is -2.39. The van der Waals surface area contributed by atoms with Crippen LogP contribution in [-0.4, -0.2) is 46.1 Å². The van der Waals surface area contributed by atoms with Crippen molar-refractivity contribution in [2.45, 2.75) is 20.8 Å². The van der Waals surface area contributed by atoms with E-state index in [9.17, 15) is 14.0 Å². The van der Waals surface area contributed by atoms with E-state index < -0.39 is 5.41 Å². The van der Waals surface area contributed by atoms with E-state index in [1.165, 1.54) is 10.7 Å². The predicted molar refractivity (Wildman–Crippen MR) is 110 cm³/mol. The van der Waals surface area contributed by atoms with Crippen molar-refractivity contribution in [3.8, 4) is 5.69 Å². The van der Waals surface area contributed by atoms with Gasteiger partial charge in [0, 0.05) is 23.9 Å². The van der Waals surface area contributed by atoms with Crippen molar-refractivity contribution in [2.75, 3.05) is 24.5 Å². The first-order chi connectivity index (χ1) is 13.8. The number of aromatic nitrogens is 2. The van der Waals surface area contributed by atoms with Crippen LogP contribution in [0.5, 0.6) is 0 Å². The summed E-state index contributed by atoms with van der Waals surface area (Å²) in [7, 11) is 0. The Morgan fingerprint density at radius 2 is 1.79 bits per heavy atom. The van der Waals surface area contributed by atoms with Crippen LogP contribution in [0.2, 0.25) is 0 Å². The van der Waals surface area contributed by atoms with Crippen LogP contribution in [0.4, 0.5) is 14.9 Å². The van der Waals surface area contributed by atoms with Gasteiger partial charge in [-0.2, -0.15) is 5.10 Å². The molecule has 0 N–H and O–H groups in total. The molecule has 2 amide bonds. The minimum atomic E-state index is -0.491. The van der Waals surface area contributed by atoms with Crippen molar-refractivity contribution in [1.82, 2.24) is 14.7 Å². The second-order valence-electron chi connectivity index (χ2n) is 8.25. The summed E-state index contributed by atoms with van der Waals surface area (Å²) in [6, 6.07) is 11.8. The minimum Gasteiger partial charge on any atom is -0.315 e. The molecule has 1 aromatic heterocycles. The molecule has 0 bridgehead atoms. The molecule has 1 aliphatic heterocycles. The van der Waals surface area contributed by atoms with Gasteiger partial charge < -0.3 is 4.90 Å². The molecule has 0 spiro atoms. The number of hydrogen-bond acceptors (Lipinski definition) is 3. The van der Waals surface area contributed by atoms with Crippen LogP contribution in [0.1, 0.15) is 20.8 Å². The molecule has 2 heterocycles. The Kier molecular flexibility index (Phi) is 4.61. The Bertz CT molecular complexity index is 1100. The number of para-hydroxylation sites is 1. The van der Waals surface area contributed by atoms with Crippen LogP contribution < -0.4 is 4.90 Å². The van der Waals surface area contributed by atoms with Crippen LogP contribution in [0.15, 0.2) is 48.7 Å². The summed E-state index contributed by atoms with van der Waals surface area (Å²) in [6.45, 7) is 6.63. The molecule has 0 atom stereocenters. The number of hydrogen-bond donors (Lipinski definition) is 0. The van der Waals surface area contributed by atoms with E-state index in [0.717, 1.165) is 5.39 Å². The fourth-order valence-electron chi connectivity index (χ4n) is 3.45. The molecule has 4 rings (SSSR count). The van der Waals surface area contributed by atoms with Crippen molar-refractivity contribution in [2.24, 2.45) is 5.41 Å². The number of ketones is 1. The first-order valence-corrected chi connectivity index (χ1v) is 9.59. The molecule has 3 aromatic rings. The Hall–Kier alpha value is -3.22. The van der Waals surface area contributed by atoms with Gasteiger partial charge in [0.1, 0.15) is 11.5 Å². The van der Waals surface area contributed by atoms with E-state index in [2.05, 4.69) is 5.10 Å². The van der Waals surface area contributed by atoms with E-state index in [4.69, 9.17) is 0 Å². The van der Waals surface area contributed by atoms with Gasteiger partial charge >= 0.3 is 6.03 Å². The smallest absolute Gasteiger partial charge is 0.315 e. The van der Waals surface area contributed by atoms with Gasteiger partial charge in [0.2, 0.25) is 0 Å². The molecule has 150 valence electrons. The number of urea groups is 1. The number of Topliss-reactive ketones (excluding diaryl/α,β-unsaturated/α-hetero) is 1. The van der Waals surface area contributed by atoms with Gasteiger partial charge in [0.25, 0.3) is 0 Å². The van der Waals surface area contributed by atoms with Gasteiger partial charge in [0.15, 0.2) is 5.78 Å². The summed E-state index contributed by atoms with van der Waals surface area (Å²) >= 11 is 0. The third-order valence-corrected chi connectivity index (χ3v) is 5.23. The van der Waals surface area contributed by atoms with Gasteiger partial charge in [0.05, 0.1) is 23.9 Å². The molecular formula is C22H23FN4O2. The largest absolute Gasteiger partial charge is 0.325 e. The van der Waals surface area contributed by atoms with Crippen molar-refractivity contribution >= 4 is 28.4 Å². The van der Waals surface area contributed by atoms with E-state index >= 15 is 0 Å². The third kappa shape index (κ3) is 3.37. The SMILES string of the molecule is CC(C)(C)C(=O)CN1CCN(c2cccc3c2cnn3-c2ccccc2F)C1=O. The van der Waals surface area contributed by atoms with Crippen LogP contribution in [0, 0.1) is 11.2 Å². The van der Waals surface area contributed by atoms with Gasteiger partial charge in [-0.1, -0.05) is 39.0 Å². The third-order valence-electron chi connectivity index (χ3n) is 5.23. The highest BCUT2D eigenvalue weighted by Gasteiger charge is 2.34. The van der Waals surface area contributed by atoms with E-state index in [1.807, 2.05) is 39.0 Å². The van der Waals surface area contributed by atoms with Crippen LogP contribution in [0.25, 0.3) is 16.6 Å². The standard InChI is InChI=1S/C22H23FN4O2/c1-22(2,3)20(28)14-25-11-12-26(21(25)29)17-9-6-10-18-15(17)13-24-27(18)19-8-5-4-7-16(19)23/h4-10,13H,11-12,14H2,1-3H3. The Balaban J connectivity index is 1.67. The number of rotatable bonds is 4. The number of benzene rings is 2. The molecule has 6 nitrogen and oxygen atoms in total. The van der Waals surface area contributed by atoms with Gasteiger partial charge in [-0.15, -0.1) is 0 Å². The molecule has 0 unspecified atom stereocenters. The number of nitrogens with zero attached hydrogens (tertiary/aromatic N) is 4. The molecule has 29 heavy (non-hydrogen) atoms. The molecule has 1 aliphatic rings. The molecule has 0 saturated carbocycles. The fourth-order valence-corrected chi connectivity index (χ4v) is 3.45. The van der Waals surface area contributed by atoms with Crippen molar-refractivity contribution in [3.05, 3.63) is 54.5 Å². The number of carbonyl (C=O) groups is 2. The van der Waals surface area contributed by atoms with Crippen LogP contribution >= 0.6 is 0 Å². The number of halogens is 1. The molecular weight excluding hydrogens is 371 g/mol. The summed E-state index contributed by atoms with van der Waals surface area (Å²) < 4.78 is 15.8. The summed E-state index contributed by atoms with van der Waals surface area (Å²) in [5, 5.41) is 5.11. The highest BCUT2D eigenvalue weighted by molar-refractivity contribution is 6.04. The monoisotopic (exact) mass is 394 g/mol. The summed E-state index contributed by atoms with van der Waals surface area (Å²) in [5.41, 5.74) is 1.28. The lowest BCUT2D eigenvalue weighted by Gasteiger charge is -2.22. The van der Waals surface area contributed by atoms with Crippen LogP contribution in [0.3, 0.4) is 0 Å². The second-order valence-corrected chi connectivity index (χ2v) is 8.25. The molecule has 0 aliphatic carbocycles. The second kappa shape index (κ2) is 6.99. The Morgan fingerprint density at radius 3 is 2.52 bits per heavy atom. The Morgan fingerprint density at radius 1 is 1.07 bits per heavy atom. The maximum absolute atomic E-state index is 14.2. The van der Waals surface area contributed by atoms with Gasteiger partial charge in [-0.25, -0.2) is 13.9 Å². The van der Waals surface area contributed by atoms with Gasteiger partial charge in [-0.3, -0.25) is 9.69 Å². The topological polar surface area (TPSA) is 58.4 Å². The highest BCUT2D eigenvalue weighted by Crippen LogP contribution is 2.31. The summed E-state index contributed by atoms with van der Waals surface area (Å²) in [6.07, 6.45) is 1.65. The summed E-state index contributed by atoms with van der Waals surface area (Å²) in [5.74, 6) is -0.342.